The molecular weight excluding hydrogens is 870 g/mol. The van der Waals surface area contributed by atoms with Crippen molar-refractivity contribution in [1.82, 2.24) is 26.2 Å². The number of ether oxygens (including phenoxy) is 2. The molecule has 18 nitrogen and oxygen atoms in total. The van der Waals surface area contributed by atoms with E-state index in [4.69, 9.17) is 18.8 Å². The molecule has 0 aliphatic carbocycles. The number of hydrogen-bond donors (Lipinski definition) is 6. The zero-order valence-corrected chi connectivity index (χ0v) is 41.4. The first-order valence-electron chi connectivity index (χ1n) is 21.7. The first-order valence-corrected chi connectivity index (χ1v) is 21.7. The highest BCUT2D eigenvalue weighted by Crippen LogP contribution is 2.37. The number of carbonyl (C=O) groups excluding carboxylic acids is 5. The minimum absolute atomic E-state index is 0.280. The van der Waals surface area contributed by atoms with Crippen LogP contribution in [0.25, 0.3) is 0 Å². The van der Waals surface area contributed by atoms with Gasteiger partial charge in [-0.05, 0) is 148 Å². The summed E-state index contributed by atoms with van der Waals surface area (Å²) in [5.41, 5.74) is 7.67. The van der Waals surface area contributed by atoms with Gasteiger partial charge in [-0.25, -0.2) is 10.0 Å². The summed E-state index contributed by atoms with van der Waals surface area (Å²) in [7, 11) is 1.25. The molecule has 0 radical (unpaired) electrons. The average molecular weight is 935 g/mol. The summed E-state index contributed by atoms with van der Waals surface area (Å²) in [5, 5.41) is 19.1. The number of hydrogen-bond acceptors (Lipinski definition) is 14. The van der Waals surface area contributed by atoms with Gasteiger partial charge >= 0.3 is 14.2 Å². The Morgan fingerprint density at radius 3 is 1.56 bits per heavy atom. The Labute approximate surface area is 399 Å². The van der Waals surface area contributed by atoms with E-state index in [-0.39, 0.29) is 5.56 Å². The van der Waals surface area contributed by atoms with Crippen LogP contribution in [0.3, 0.4) is 0 Å². The predicted molar refractivity (Wildman–Crippen MR) is 263 cm³/mol. The molecule has 0 bridgehead atoms. The third-order valence-electron chi connectivity index (χ3n) is 11.7. The van der Waals surface area contributed by atoms with Crippen LogP contribution >= 0.6 is 0 Å². The molecule has 0 saturated carbocycles. The number of benzene rings is 4. The SMILES string of the molecule is COc1cccc(C(=O)NN(C(=O)c2ccc(C=O)c(B3OC(C)(C)C(C)(C)O3)c2)C(C)(C)C)c1C.COc1cccc(C(=O)NN(C(=O)c2ccc3c(c2)B(O)NN=C3)C(C)(C)C)c1C.NN. The fourth-order valence-electron chi connectivity index (χ4n) is 7.09. The number of hydrazone groups is 1. The van der Waals surface area contributed by atoms with Gasteiger partial charge < -0.3 is 29.1 Å². The van der Waals surface area contributed by atoms with Crippen LogP contribution in [0.15, 0.2) is 77.9 Å². The van der Waals surface area contributed by atoms with Crippen LogP contribution in [-0.4, -0.2) is 102 Å². The minimum Gasteiger partial charge on any atom is -0.496 e. The number of amides is 4. The van der Waals surface area contributed by atoms with Gasteiger partial charge in [-0.3, -0.25) is 46.5 Å². The topological polar surface area (TPSA) is 249 Å². The Kier molecular flexibility index (Phi) is 17.2. The highest BCUT2D eigenvalue weighted by atomic mass is 16.7. The van der Waals surface area contributed by atoms with E-state index >= 15 is 0 Å². The molecule has 362 valence electrons. The summed E-state index contributed by atoms with van der Waals surface area (Å²) in [6.07, 6.45) is 2.29. The molecule has 68 heavy (non-hydrogen) atoms. The van der Waals surface area contributed by atoms with E-state index < -0.39 is 60.1 Å². The lowest BCUT2D eigenvalue weighted by molar-refractivity contribution is 0.00578. The largest absolute Gasteiger partial charge is 0.496 e. The van der Waals surface area contributed by atoms with Crippen molar-refractivity contribution in [2.75, 3.05) is 14.2 Å². The second-order valence-electron chi connectivity index (χ2n) is 19.0. The number of nitrogens with one attached hydrogen (secondary N) is 3. The van der Waals surface area contributed by atoms with E-state index in [0.29, 0.717) is 62.1 Å². The zero-order chi connectivity index (χ0) is 51.1. The summed E-state index contributed by atoms with van der Waals surface area (Å²) in [4.78, 5) is 65.0. The number of carbonyl (C=O) groups is 5. The van der Waals surface area contributed by atoms with Crippen LogP contribution in [0.1, 0.15) is 138 Å². The van der Waals surface area contributed by atoms with E-state index in [1.807, 2.05) is 69.2 Å². The Morgan fingerprint density at radius 1 is 0.721 bits per heavy atom. The predicted octanol–water partition coefficient (Wildman–Crippen LogP) is 3.73. The second-order valence-corrected chi connectivity index (χ2v) is 19.0. The summed E-state index contributed by atoms with van der Waals surface area (Å²) < 4.78 is 22.9. The average Bonchev–Trinajstić information content (AvgIpc) is 3.52. The molecule has 2 aliphatic heterocycles. The number of nitrogens with zero attached hydrogens (tertiary/aromatic N) is 3. The number of fused-ring (bicyclic) bond motifs is 1. The van der Waals surface area contributed by atoms with Crippen molar-refractivity contribution in [2.24, 2.45) is 16.8 Å². The Bertz CT molecular complexity index is 2540. The summed E-state index contributed by atoms with van der Waals surface area (Å²) in [6, 6.07) is 20.0. The van der Waals surface area contributed by atoms with Crippen molar-refractivity contribution >= 4 is 61.2 Å². The van der Waals surface area contributed by atoms with Gasteiger partial charge in [-0.1, -0.05) is 24.3 Å². The van der Waals surface area contributed by atoms with Crippen LogP contribution in [0.5, 0.6) is 11.5 Å². The lowest BCUT2D eigenvalue weighted by Gasteiger charge is -2.36. The summed E-state index contributed by atoms with van der Waals surface area (Å²) >= 11 is 0. The molecule has 0 atom stereocenters. The van der Waals surface area contributed by atoms with Gasteiger partial charge in [0.15, 0.2) is 0 Å². The van der Waals surface area contributed by atoms with Crippen molar-refractivity contribution in [3.63, 3.8) is 0 Å². The van der Waals surface area contributed by atoms with Gasteiger partial charge in [-0.2, -0.15) is 5.10 Å². The zero-order valence-electron chi connectivity index (χ0n) is 41.4. The van der Waals surface area contributed by atoms with Crippen molar-refractivity contribution < 1.29 is 47.8 Å². The minimum atomic E-state index is -1.00. The first kappa shape index (κ1) is 54.0. The third-order valence-corrected chi connectivity index (χ3v) is 11.7. The van der Waals surface area contributed by atoms with Crippen molar-refractivity contribution in [3.8, 4) is 11.5 Å². The van der Waals surface area contributed by atoms with Crippen molar-refractivity contribution in [3.05, 3.63) is 117 Å². The lowest BCUT2D eigenvalue weighted by atomic mass is 9.71. The fourth-order valence-corrected chi connectivity index (χ4v) is 7.09. The van der Waals surface area contributed by atoms with Crippen LogP contribution in [0.2, 0.25) is 0 Å². The highest BCUT2D eigenvalue weighted by molar-refractivity contribution is 6.65. The number of nitrogens with two attached hydrogens (primary N) is 2. The van der Waals surface area contributed by atoms with Gasteiger partial charge in [0, 0.05) is 38.9 Å². The second kappa shape index (κ2) is 21.6. The number of hydrazine groups is 3. The van der Waals surface area contributed by atoms with E-state index in [1.54, 1.807) is 100.0 Å². The maximum Gasteiger partial charge on any atom is 0.495 e. The quantitative estimate of drug-likeness (QED) is 0.0639. The monoisotopic (exact) mass is 934 g/mol. The molecule has 6 rings (SSSR count). The first-order chi connectivity index (χ1) is 31.8. The fraction of sp³-hybridized carbons (Fsp3) is 0.375. The molecule has 2 aliphatic rings. The maximum absolute atomic E-state index is 13.7. The molecule has 4 aromatic rings. The number of methoxy groups -OCH3 is 2. The number of rotatable bonds is 8. The molecule has 0 spiro atoms. The number of aldehydes is 1. The summed E-state index contributed by atoms with van der Waals surface area (Å²) in [5.74, 6) is 7.48. The van der Waals surface area contributed by atoms with Gasteiger partial charge in [0.1, 0.15) is 17.8 Å². The molecule has 0 unspecified atom stereocenters. The van der Waals surface area contributed by atoms with Crippen molar-refractivity contribution in [2.45, 2.75) is 105 Å². The molecule has 4 aromatic carbocycles. The molecule has 8 N–H and O–H groups in total. The molecule has 1 fully saturated rings. The van der Waals surface area contributed by atoms with E-state index in [1.165, 1.54) is 17.1 Å². The third kappa shape index (κ3) is 11.9. The molecule has 2 heterocycles. The Hall–Kier alpha value is -6.57. The summed E-state index contributed by atoms with van der Waals surface area (Å²) in [6.45, 7) is 22.2. The Morgan fingerprint density at radius 2 is 1.15 bits per heavy atom. The van der Waals surface area contributed by atoms with Gasteiger partial charge in [0.25, 0.3) is 23.6 Å². The van der Waals surface area contributed by atoms with Gasteiger partial charge in [0.05, 0.1) is 42.7 Å². The highest BCUT2D eigenvalue weighted by Gasteiger charge is 2.52. The molecule has 0 aromatic heterocycles. The van der Waals surface area contributed by atoms with E-state index in [0.717, 1.165) is 5.56 Å². The van der Waals surface area contributed by atoms with Crippen LogP contribution in [-0.2, 0) is 9.31 Å². The molecule has 1 saturated heterocycles. The van der Waals surface area contributed by atoms with Crippen molar-refractivity contribution in [1.29, 1.82) is 0 Å². The van der Waals surface area contributed by atoms with Crippen LogP contribution < -0.4 is 48.3 Å². The van der Waals surface area contributed by atoms with E-state index in [9.17, 15) is 29.0 Å². The van der Waals surface area contributed by atoms with Gasteiger partial charge in [0.2, 0.25) is 0 Å². The van der Waals surface area contributed by atoms with Crippen LogP contribution in [0, 0.1) is 13.8 Å². The molecule has 4 amide bonds. The van der Waals surface area contributed by atoms with Crippen LogP contribution in [0.4, 0.5) is 0 Å². The molecular formula is C48H64B2N8O10. The van der Waals surface area contributed by atoms with E-state index in [2.05, 4.69) is 33.0 Å². The van der Waals surface area contributed by atoms with Gasteiger partial charge in [-0.15, -0.1) is 0 Å². The normalized spacial score (nSPS) is 14.4. The molecule has 20 heteroatoms. The smallest absolute Gasteiger partial charge is 0.495 e. The standard InChI is InChI=1S/C27H35BN2O6.C21H25BN4O4.H4N2/c1-17-20(11-10-12-22(17)34-9)23(32)29-30(25(2,3)4)24(33)18-13-14-19(16-31)21(15-18)28-35-26(5,6)27(7,8)36-28;1-13-16(7-6-8-18(13)30-5)19(27)24-26(21(2,3)4)20(28)14-9-10-15-12-23-25-22(29)17(15)11-14;1-2/h10-16H,1-9H3,(H,29,32);6-12,25,29H,1-5H3,(H,24,27);1-2H2. The lowest BCUT2D eigenvalue weighted by Crippen LogP contribution is -2.56. The Balaban J connectivity index is 0.000000290. The maximum atomic E-state index is 13.7.